The molecule has 1 aliphatic heterocycles. The van der Waals surface area contributed by atoms with Gasteiger partial charge in [-0.25, -0.2) is 9.78 Å². The Hall–Kier alpha value is -2.86. The number of thiazole rings is 1. The van der Waals surface area contributed by atoms with Crippen molar-refractivity contribution < 1.29 is 27.6 Å². The second-order valence-electron chi connectivity index (χ2n) is 6.82. The van der Waals surface area contributed by atoms with E-state index in [1.54, 1.807) is 11.3 Å². The second kappa shape index (κ2) is 9.52. The summed E-state index contributed by atoms with van der Waals surface area (Å²) in [6.07, 6.45) is -0.545. The van der Waals surface area contributed by atoms with E-state index < -0.39 is 12.1 Å². The van der Waals surface area contributed by atoms with Crippen LogP contribution in [-0.2, 0) is 30.6 Å². The lowest BCUT2D eigenvalue weighted by molar-refractivity contribution is -0.192. The minimum Gasteiger partial charge on any atom is -0.475 e. The van der Waals surface area contributed by atoms with Crippen molar-refractivity contribution in [1.82, 2.24) is 25.4 Å². The molecular formula is C19H20F3N5O3S. The molecule has 0 aromatic carbocycles. The van der Waals surface area contributed by atoms with E-state index in [0.717, 1.165) is 49.3 Å². The van der Waals surface area contributed by atoms with Gasteiger partial charge in [-0.3, -0.25) is 4.98 Å². The molecule has 0 saturated heterocycles. The van der Waals surface area contributed by atoms with Crippen LogP contribution < -0.4 is 5.32 Å². The first-order valence-electron chi connectivity index (χ1n) is 9.37. The topological polar surface area (TPSA) is 114 Å². The van der Waals surface area contributed by atoms with E-state index in [4.69, 9.17) is 14.4 Å². The van der Waals surface area contributed by atoms with Gasteiger partial charge >= 0.3 is 12.1 Å². The van der Waals surface area contributed by atoms with Crippen LogP contribution in [-0.4, -0.2) is 43.9 Å². The van der Waals surface area contributed by atoms with E-state index in [1.807, 2.05) is 25.6 Å². The minimum atomic E-state index is -5.08. The Bertz CT molecular complexity index is 1060. The summed E-state index contributed by atoms with van der Waals surface area (Å²) in [5, 5.41) is 14.7. The van der Waals surface area contributed by atoms with Gasteiger partial charge < -0.3 is 14.9 Å². The van der Waals surface area contributed by atoms with Crippen molar-refractivity contribution >= 4 is 17.3 Å². The average Bonchev–Trinajstić information content (AvgIpc) is 3.35. The lowest BCUT2D eigenvalue weighted by Crippen LogP contribution is -2.24. The van der Waals surface area contributed by atoms with Crippen LogP contribution in [0.3, 0.4) is 0 Å². The molecule has 1 aliphatic rings. The van der Waals surface area contributed by atoms with E-state index in [-0.39, 0.29) is 0 Å². The Kier molecular flexibility index (Phi) is 7.01. The molecule has 0 radical (unpaired) electrons. The van der Waals surface area contributed by atoms with Gasteiger partial charge in [-0.2, -0.15) is 18.2 Å². The average molecular weight is 455 g/mol. The number of pyridine rings is 1. The number of aliphatic carboxylic acids is 1. The van der Waals surface area contributed by atoms with Crippen molar-refractivity contribution in [3.8, 4) is 11.4 Å². The Morgan fingerprint density at radius 1 is 1.26 bits per heavy atom. The summed E-state index contributed by atoms with van der Waals surface area (Å²) < 4.78 is 37.2. The first-order chi connectivity index (χ1) is 14.7. The van der Waals surface area contributed by atoms with Gasteiger partial charge in [0.1, 0.15) is 0 Å². The molecule has 3 aromatic rings. The Balaban J connectivity index is 0.000000339. The number of carboxylic acids is 1. The van der Waals surface area contributed by atoms with Gasteiger partial charge in [0.25, 0.3) is 0 Å². The van der Waals surface area contributed by atoms with Crippen LogP contribution in [0.5, 0.6) is 0 Å². The van der Waals surface area contributed by atoms with E-state index in [2.05, 4.69) is 25.4 Å². The lowest BCUT2D eigenvalue weighted by atomic mass is 9.95. The zero-order chi connectivity index (χ0) is 22.6. The highest BCUT2D eigenvalue weighted by atomic mass is 32.1. The summed E-state index contributed by atoms with van der Waals surface area (Å²) in [7, 11) is 0. The number of alkyl halides is 3. The number of aromatic nitrogens is 4. The lowest BCUT2D eigenvalue weighted by Gasteiger charge is -2.19. The van der Waals surface area contributed by atoms with Gasteiger partial charge in [-0.15, -0.1) is 11.3 Å². The number of hydrogen-bond acceptors (Lipinski definition) is 8. The monoisotopic (exact) mass is 455 g/mol. The maximum atomic E-state index is 10.6. The van der Waals surface area contributed by atoms with Crippen molar-refractivity contribution in [3.05, 3.63) is 45.0 Å². The Morgan fingerprint density at radius 2 is 2.00 bits per heavy atom. The number of carboxylic acid groups (broad SMARTS) is 1. The fourth-order valence-corrected chi connectivity index (χ4v) is 3.89. The summed E-state index contributed by atoms with van der Waals surface area (Å²) in [6, 6.07) is 0. The summed E-state index contributed by atoms with van der Waals surface area (Å²) in [6.45, 7) is 5.86. The van der Waals surface area contributed by atoms with Gasteiger partial charge in [0, 0.05) is 35.3 Å². The Labute approximate surface area is 179 Å². The van der Waals surface area contributed by atoms with E-state index in [9.17, 15) is 13.2 Å². The molecular weight excluding hydrogens is 435 g/mol. The number of fused-ring (bicyclic) bond motifs is 1. The summed E-state index contributed by atoms with van der Waals surface area (Å²) in [5.41, 5.74) is 7.49. The molecule has 0 spiro atoms. The molecule has 0 saturated carbocycles. The summed E-state index contributed by atoms with van der Waals surface area (Å²) in [4.78, 5) is 23.6. The van der Waals surface area contributed by atoms with Crippen molar-refractivity contribution in [2.45, 2.75) is 45.8 Å². The van der Waals surface area contributed by atoms with Gasteiger partial charge in [-0.1, -0.05) is 5.16 Å². The molecule has 4 rings (SSSR count). The van der Waals surface area contributed by atoms with Crippen molar-refractivity contribution in [2.75, 3.05) is 6.54 Å². The van der Waals surface area contributed by atoms with Crippen LogP contribution in [0.1, 0.15) is 33.3 Å². The zero-order valence-electron chi connectivity index (χ0n) is 16.8. The summed E-state index contributed by atoms with van der Waals surface area (Å²) >= 11 is 1.68. The Morgan fingerprint density at radius 3 is 2.65 bits per heavy atom. The van der Waals surface area contributed by atoms with E-state index in [1.165, 1.54) is 16.0 Å². The highest BCUT2D eigenvalue weighted by Crippen LogP contribution is 2.28. The van der Waals surface area contributed by atoms with Gasteiger partial charge in [0.2, 0.25) is 11.7 Å². The normalized spacial score (nSPS) is 13.3. The van der Waals surface area contributed by atoms with Crippen LogP contribution >= 0.6 is 11.3 Å². The van der Waals surface area contributed by atoms with Gasteiger partial charge in [0.15, 0.2) is 0 Å². The van der Waals surface area contributed by atoms with Crippen LogP contribution in [0, 0.1) is 13.8 Å². The number of nitrogens with one attached hydrogen (secondary N) is 1. The van der Waals surface area contributed by atoms with Crippen molar-refractivity contribution in [1.29, 1.82) is 0 Å². The van der Waals surface area contributed by atoms with Crippen LogP contribution in [0.4, 0.5) is 13.2 Å². The maximum absolute atomic E-state index is 10.6. The number of rotatable bonds is 4. The SMILES string of the molecule is Cc1ncsc1CCc1nc(-c2c(C)ncc3c2CCNC3)no1.O=C(O)C(F)(F)F. The van der Waals surface area contributed by atoms with Crippen molar-refractivity contribution in [2.24, 2.45) is 0 Å². The molecule has 0 fully saturated rings. The number of aryl methyl sites for hydroxylation is 4. The predicted molar refractivity (Wildman–Crippen MR) is 106 cm³/mol. The largest absolute Gasteiger partial charge is 0.490 e. The van der Waals surface area contributed by atoms with E-state index >= 15 is 0 Å². The van der Waals surface area contributed by atoms with Crippen LogP contribution in [0.25, 0.3) is 11.4 Å². The molecule has 0 aliphatic carbocycles. The molecule has 2 N–H and O–H groups in total. The van der Waals surface area contributed by atoms with Crippen LogP contribution in [0.15, 0.2) is 16.2 Å². The first kappa shape index (κ1) is 22.8. The molecule has 31 heavy (non-hydrogen) atoms. The molecule has 0 atom stereocenters. The van der Waals surface area contributed by atoms with Gasteiger partial charge in [-0.05, 0) is 44.4 Å². The molecule has 166 valence electrons. The third-order valence-electron chi connectivity index (χ3n) is 4.68. The molecule has 0 bridgehead atoms. The van der Waals surface area contributed by atoms with Crippen molar-refractivity contribution in [3.63, 3.8) is 0 Å². The molecule has 3 aromatic heterocycles. The minimum absolute atomic E-state index is 0.662. The fourth-order valence-electron chi connectivity index (χ4n) is 3.11. The number of hydrogen-bond donors (Lipinski definition) is 2. The first-order valence-corrected chi connectivity index (χ1v) is 10.2. The second-order valence-corrected chi connectivity index (χ2v) is 7.76. The number of carbonyl (C=O) groups is 1. The fraction of sp³-hybridized carbons (Fsp3) is 0.421. The third-order valence-corrected chi connectivity index (χ3v) is 5.67. The van der Waals surface area contributed by atoms with Gasteiger partial charge in [0.05, 0.1) is 11.2 Å². The maximum Gasteiger partial charge on any atom is 0.490 e. The standard InChI is InChI=1S/C17H19N5OS.C2HF3O2/c1-10-14(24-9-20-10)3-4-15-21-17(22-23-15)16-11(2)19-8-12-7-18-6-5-13(12)16;3-2(4,5)1(6)7/h8-9,18H,3-7H2,1-2H3;(H,6,7). The molecule has 0 unspecified atom stereocenters. The summed E-state index contributed by atoms with van der Waals surface area (Å²) in [5.74, 6) is -1.42. The highest BCUT2D eigenvalue weighted by molar-refractivity contribution is 7.09. The molecule has 12 heteroatoms. The molecule has 4 heterocycles. The van der Waals surface area contributed by atoms with E-state index in [0.29, 0.717) is 11.7 Å². The zero-order valence-corrected chi connectivity index (χ0v) is 17.6. The smallest absolute Gasteiger partial charge is 0.475 e. The quantitative estimate of drug-likeness (QED) is 0.616. The number of halogens is 3. The van der Waals surface area contributed by atoms with Crippen LogP contribution in [0.2, 0.25) is 0 Å². The highest BCUT2D eigenvalue weighted by Gasteiger charge is 2.38. The molecule has 8 nitrogen and oxygen atoms in total. The predicted octanol–water partition coefficient (Wildman–Crippen LogP) is 3.27. The number of nitrogens with zero attached hydrogens (tertiary/aromatic N) is 4. The third kappa shape index (κ3) is 5.64. The molecule has 0 amide bonds.